The predicted molar refractivity (Wildman–Crippen MR) is 74.1 cm³/mol. The zero-order valence-electron chi connectivity index (χ0n) is 10.9. The highest BCUT2D eigenvalue weighted by atomic mass is 32.2. The van der Waals surface area contributed by atoms with Gasteiger partial charge in [0, 0.05) is 10.9 Å². The van der Waals surface area contributed by atoms with Crippen LogP contribution in [0.15, 0.2) is 22.1 Å². The summed E-state index contributed by atoms with van der Waals surface area (Å²) >= 11 is 5.37. The molecular weight excluding hydrogens is 334 g/mol. The Morgan fingerprint density at radius 3 is 2.77 bits per heavy atom. The van der Waals surface area contributed by atoms with Crippen LogP contribution in [0.3, 0.4) is 0 Å². The number of aliphatic carboxylic acids is 1. The molecule has 2 atom stereocenters. The van der Waals surface area contributed by atoms with Gasteiger partial charge in [0.1, 0.15) is 5.70 Å². The van der Waals surface area contributed by atoms with Crippen molar-refractivity contribution in [2.45, 2.75) is 17.2 Å². The molecule has 2 unspecified atom stereocenters. The van der Waals surface area contributed by atoms with Gasteiger partial charge < -0.3 is 14.6 Å². The summed E-state index contributed by atoms with van der Waals surface area (Å²) in [5, 5.41) is 21.3. The van der Waals surface area contributed by atoms with Crippen LogP contribution in [-0.2, 0) is 9.59 Å². The fraction of sp³-hybridized carbons (Fsp3) is 0.364. The summed E-state index contributed by atoms with van der Waals surface area (Å²) in [5.74, 6) is -3.24. The van der Waals surface area contributed by atoms with Crippen LogP contribution in [0.4, 0.5) is 0 Å². The summed E-state index contributed by atoms with van der Waals surface area (Å²) in [4.78, 5) is 35.6. The maximum Gasteiger partial charge on any atom is 0.489 e. The normalized spacial score (nSPS) is 24.0. The van der Waals surface area contributed by atoms with Gasteiger partial charge in [-0.1, -0.05) is 11.8 Å². The number of nitrogens with zero attached hydrogens (tertiary/aromatic N) is 3. The molecule has 2 N–H and O–H groups in total. The fourth-order valence-electron chi connectivity index (χ4n) is 2.41. The zero-order valence-corrected chi connectivity index (χ0v) is 12.6. The van der Waals surface area contributed by atoms with Crippen molar-refractivity contribution in [3.63, 3.8) is 0 Å². The average molecular weight is 344 g/mol. The third kappa shape index (κ3) is 2.08. The first-order valence-electron chi connectivity index (χ1n) is 6.09. The summed E-state index contributed by atoms with van der Waals surface area (Å²) in [6.45, 7) is 0. The lowest BCUT2D eigenvalue weighted by atomic mass is 10.1. The Hall–Kier alpha value is -2.01. The predicted octanol–water partition coefficient (Wildman–Crippen LogP) is -0.267. The zero-order chi connectivity index (χ0) is 16.0. The second kappa shape index (κ2) is 5.32. The van der Waals surface area contributed by atoms with Gasteiger partial charge in [-0.3, -0.25) is 9.69 Å². The van der Waals surface area contributed by atoms with Gasteiger partial charge in [0.25, 0.3) is 11.8 Å². The van der Waals surface area contributed by atoms with Gasteiger partial charge in [-0.25, -0.2) is 9.59 Å². The number of rotatable bonds is 4. The van der Waals surface area contributed by atoms with Crippen LogP contribution < -0.4 is 4.68 Å². The van der Waals surface area contributed by atoms with E-state index in [1.165, 1.54) is 16.7 Å². The Kier molecular flexibility index (Phi) is 3.60. The molecule has 0 aliphatic carbocycles. The van der Waals surface area contributed by atoms with Crippen molar-refractivity contribution in [3.05, 3.63) is 23.6 Å². The molecular formula is C11H10N3O6S2+. The number of fused-ring (bicyclic) bond motifs is 1. The number of β-lactam (4-membered cyclic amide) rings is 1. The molecule has 11 heteroatoms. The molecule has 1 saturated heterocycles. The number of thioether (sulfide) groups is 1. The van der Waals surface area contributed by atoms with E-state index in [9.17, 15) is 19.5 Å². The van der Waals surface area contributed by atoms with Crippen LogP contribution >= 0.6 is 24.4 Å². The number of aromatic nitrogens is 2. The monoisotopic (exact) mass is 344 g/mol. The molecule has 3 heterocycles. The quantitative estimate of drug-likeness (QED) is 0.387. The number of carbonyl (C=O) groups is 3. The first-order chi connectivity index (χ1) is 10.5. The SMILES string of the molecule is O=C(O)C1=C(CS)C([n+]2ncoc2C(=O)O)SC2CC(=O)N12. The van der Waals surface area contributed by atoms with E-state index in [2.05, 4.69) is 17.7 Å². The lowest BCUT2D eigenvalue weighted by Gasteiger charge is -2.44. The smallest absolute Gasteiger partial charge is 0.477 e. The van der Waals surface area contributed by atoms with Crippen molar-refractivity contribution < 1.29 is 33.7 Å². The van der Waals surface area contributed by atoms with Crippen LogP contribution in [-0.4, -0.2) is 49.2 Å². The van der Waals surface area contributed by atoms with Crippen molar-refractivity contribution in [3.8, 4) is 0 Å². The Labute approximate surface area is 133 Å². The highest BCUT2D eigenvalue weighted by molar-refractivity contribution is 8.00. The van der Waals surface area contributed by atoms with Crippen LogP contribution in [0.2, 0.25) is 0 Å². The van der Waals surface area contributed by atoms with E-state index in [0.29, 0.717) is 5.57 Å². The maximum absolute atomic E-state index is 11.7. The average Bonchev–Trinajstić information content (AvgIpc) is 2.93. The van der Waals surface area contributed by atoms with Gasteiger partial charge in [-0.05, 0) is 4.68 Å². The van der Waals surface area contributed by atoms with Gasteiger partial charge >= 0.3 is 17.8 Å². The molecule has 116 valence electrons. The molecule has 1 aromatic rings. The van der Waals surface area contributed by atoms with E-state index >= 15 is 0 Å². The largest absolute Gasteiger partial charge is 0.489 e. The summed E-state index contributed by atoms with van der Waals surface area (Å²) < 4.78 is 5.93. The van der Waals surface area contributed by atoms with E-state index in [1.54, 1.807) is 0 Å². The molecule has 22 heavy (non-hydrogen) atoms. The minimum absolute atomic E-state index is 0.0364. The number of carbonyl (C=O) groups excluding carboxylic acids is 1. The van der Waals surface area contributed by atoms with E-state index in [0.717, 1.165) is 11.1 Å². The van der Waals surface area contributed by atoms with Crippen molar-refractivity contribution in [2.24, 2.45) is 0 Å². The molecule has 9 nitrogen and oxygen atoms in total. The summed E-state index contributed by atoms with van der Waals surface area (Å²) in [6, 6.07) is 0. The molecule has 0 aromatic carbocycles. The van der Waals surface area contributed by atoms with E-state index < -0.39 is 23.2 Å². The minimum atomic E-state index is -1.32. The van der Waals surface area contributed by atoms with E-state index in [1.807, 2.05) is 0 Å². The Bertz CT molecular complexity index is 714. The van der Waals surface area contributed by atoms with Crippen molar-refractivity contribution in [2.75, 3.05) is 5.75 Å². The van der Waals surface area contributed by atoms with Crippen LogP contribution in [0.25, 0.3) is 0 Å². The third-order valence-electron chi connectivity index (χ3n) is 3.36. The van der Waals surface area contributed by atoms with Gasteiger partial charge in [0.05, 0.1) is 17.4 Å². The molecule has 1 aromatic heterocycles. The van der Waals surface area contributed by atoms with Gasteiger partial charge in [-0.15, -0.1) is 0 Å². The molecule has 0 saturated carbocycles. The Morgan fingerprint density at radius 1 is 1.50 bits per heavy atom. The number of aromatic carboxylic acids is 1. The molecule has 2 aliphatic rings. The highest BCUT2D eigenvalue weighted by Crippen LogP contribution is 2.47. The second-order valence-corrected chi connectivity index (χ2v) is 6.12. The maximum atomic E-state index is 11.7. The van der Waals surface area contributed by atoms with Crippen LogP contribution in [0, 0.1) is 0 Å². The number of carboxylic acid groups (broad SMARTS) is 2. The number of carboxylic acids is 2. The molecule has 0 spiro atoms. The summed E-state index contributed by atoms with van der Waals surface area (Å²) in [5.41, 5.74) is 0.137. The summed E-state index contributed by atoms with van der Waals surface area (Å²) in [6.07, 6.45) is 1.16. The van der Waals surface area contributed by atoms with E-state index in [-0.39, 0.29) is 29.2 Å². The van der Waals surface area contributed by atoms with Crippen molar-refractivity contribution in [1.82, 2.24) is 10.00 Å². The number of thiol groups is 1. The number of hydrogen-bond donors (Lipinski definition) is 3. The lowest BCUT2D eigenvalue weighted by Crippen LogP contribution is -2.58. The molecule has 0 radical (unpaired) electrons. The Balaban J connectivity index is 2.13. The Morgan fingerprint density at radius 2 is 2.23 bits per heavy atom. The van der Waals surface area contributed by atoms with Crippen molar-refractivity contribution in [1.29, 1.82) is 0 Å². The summed E-state index contributed by atoms with van der Waals surface area (Å²) in [7, 11) is 0. The highest BCUT2D eigenvalue weighted by Gasteiger charge is 2.53. The van der Waals surface area contributed by atoms with Gasteiger partial charge in [0.15, 0.2) is 0 Å². The minimum Gasteiger partial charge on any atom is -0.477 e. The van der Waals surface area contributed by atoms with Gasteiger partial charge in [0.2, 0.25) is 5.91 Å². The molecule has 2 aliphatic heterocycles. The third-order valence-corrected chi connectivity index (χ3v) is 5.13. The molecule has 1 fully saturated rings. The van der Waals surface area contributed by atoms with E-state index in [4.69, 9.17) is 9.52 Å². The molecule has 1 amide bonds. The standard InChI is InChI=1S/C11H9N3O6S2/c15-5-1-6-13(5)7(10(16)17)4(2-21)9(22-6)14-8(11(18)19)20-3-12-14/h3,6,9H,1-2H2,(H2-,16,17,18,19,21)/p+1. The molecule has 3 rings (SSSR count). The molecule has 0 bridgehead atoms. The first kappa shape index (κ1) is 14.9. The lowest BCUT2D eigenvalue weighted by molar-refractivity contribution is -0.752. The first-order valence-corrected chi connectivity index (χ1v) is 7.66. The van der Waals surface area contributed by atoms with Crippen LogP contribution in [0.1, 0.15) is 22.5 Å². The van der Waals surface area contributed by atoms with Crippen LogP contribution in [0.5, 0.6) is 0 Å². The van der Waals surface area contributed by atoms with Crippen molar-refractivity contribution >= 4 is 42.2 Å². The van der Waals surface area contributed by atoms with Gasteiger partial charge in [-0.2, -0.15) is 12.6 Å². The number of hydrogen-bond acceptors (Lipinski definition) is 7. The fourth-order valence-corrected chi connectivity index (χ4v) is 4.36. The second-order valence-electron chi connectivity index (χ2n) is 4.54. The number of amides is 1. The topological polar surface area (TPSA) is 125 Å².